The minimum Gasteiger partial charge on any atom is -0.384 e. The zero-order valence-electron chi connectivity index (χ0n) is 14.6. The first-order chi connectivity index (χ1) is 12.2. The molecule has 1 heterocycles. The number of hydrogen-bond donors (Lipinski definition) is 2. The van der Waals surface area contributed by atoms with E-state index in [0.29, 0.717) is 24.9 Å². The summed E-state index contributed by atoms with van der Waals surface area (Å²) in [4.78, 5) is 24.1. The molecule has 25 heavy (non-hydrogen) atoms. The lowest BCUT2D eigenvalue weighted by molar-refractivity contribution is -0.128. The number of carbonyl (C=O) groups excluding carboxylic acids is 2. The highest BCUT2D eigenvalue weighted by molar-refractivity contribution is 5.91. The minimum absolute atomic E-state index is 0.0807. The summed E-state index contributed by atoms with van der Waals surface area (Å²) < 4.78 is 5.29. The van der Waals surface area contributed by atoms with Crippen LogP contribution >= 0.6 is 0 Å². The summed E-state index contributed by atoms with van der Waals surface area (Å²) in [5.41, 5.74) is 1.00. The van der Waals surface area contributed by atoms with E-state index >= 15 is 0 Å². The fourth-order valence-electron chi connectivity index (χ4n) is 4.09. The van der Waals surface area contributed by atoms with Crippen LogP contribution in [-0.4, -0.2) is 37.6 Å². The lowest BCUT2D eigenvalue weighted by Crippen LogP contribution is -2.56. The first-order valence-corrected chi connectivity index (χ1v) is 8.97. The van der Waals surface area contributed by atoms with E-state index in [0.717, 1.165) is 24.8 Å². The number of amides is 2. The molecule has 2 aliphatic rings. The molecule has 0 bridgehead atoms. The monoisotopic (exact) mass is 342 g/mol. The predicted octanol–water partition coefficient (Wildman–Crippen LogP) is 2.14. The van der Waals surface area contributed by atoms with E-state index in [2.05, 4.69) is 10.6 Å². The Morgan fingerprint density at radius 1 is 1.32 bits per heavy atom. The van der Waals surface area contributed by atoms with Crippen molar-refractivity contribution in [2.45, 2.75) is 37.8 Å². The number of nitrogens with one attached hydrogen (secondary N) is 2. The van der Waals surface area contributed by atoms with Gasteiger partial charge in [-0.15, -0.1) is 0 Å². The van der Waals surface area contributed by atoms with E-state index in [1.54, 1.807) is 13.2 Å². The highest BCUT2D eigenvalue weighted by Crippen LogP contribution is 2.35. The van der Waals surface area contributed by atoms with Gasteiger partial charge in [-0.3, -0.25) is 9.59 Å². The first kappa shape index (κ1) is 17.7. The predicted molar refractivity (Wildman–Crippen MR) is 96.7 cm³/mol. The summed E-state index contributed by atoms with van der Waals surface area (Å²) >= 11 is 0. The summed E-state index contributed by atoms with van der Waals surface area (Å²) in [5.74, 6) is 0.756. The summed E-state index contributed by atoms with van der Waals surface area (Å²) in [6.45, 7) is 0.630. The number of ether oxygens (including phenoxy) is 1. The Morgan fingerprint density at radius 2 is 2.12 bits per heavy atom. The number of carbonyl (C=O) groups is 2. The fourth-order valence-corrected chi connectivity index (χ4v) is 4.09. The normalized spacial score (nSPS) is 29.1. The van der Waals surface area contributed by atoms with E-state index in [1.165, 1.54) is 0 Å². The molecule has 4 atom stereocenters. The number of piperidine rings is 1. The van der Waals surface area contributed by atoms with Gasteiger partial charge in [0.15, 0.2) is 0 Å². The number of hydrogen-bond acceptors (Lipinski definition) is 3. The van der Waals surface area contributed by atoms with Crippen LogP contribution in [0.1, 0.15) is 31.2 Å². The zero-order valence-corrected chi connectivity index (χ0v) is 14.6. The van der Waals surface area contributed by atoms with Crippen LogP contribution in [0.4, 0.5) is 0 Å². The first-order valence-electron chi connectivity index (χ1n) is 8.97. The molecule has 0 spiro atoms. The number of fused-ring (bicyclic) bond motifs is 1. The molecule has 134 valence electrons. The minimum atomic E-state index is -0.0807. The lowest BCUT2D eigenvalue weighted by Gasteiger charge is -2.43. The Hall–Kier alpha value is -2.14. The maximum atomic E-state index is 12.2. The molecular weight excluding hydrogens is 316 g/mol. The van der Waals surface area contributed by atoms with Crippen molar-refractivity contribution in [2.75, 3.05) is 13.7 Å². The Bertz CT molecular complexity index is 629. The average Bonchev–Trinajstić information content (AvgIpc) is 2.61. The molecule has 2 N–H and O–H groups in total. The van der Waals surface area contributed by atoms with Crippen molar-refractivity contribution >= 4 is 17.9 Å². The van der Waals surface area contributed by atoms with Gasteiger partial charge < -0.3 is 15.4 Å². The summed E-state index contributed by atoms with van der Waals surface area (Å²) in [6.07, 6.45) is 6.69. The van der Waals surface area contributed by atoms with Gasteiger partial charge in [-0.05, 0) is 42.7 Å². The molecule has 1 saturated heterocycles. The smallest absolute Gasteiger partial charge is 0.244 e. The molecule has 0 aromatic heterocycles. The van der Waals surface area contributed by atoms with Gasteiger partial charge in [-0.1, -0.05) is 30.3 Å². The van der Waals surface area contributed by atoms with Gasteiger partial charge >= 0.3 is 0 Å². The molecule has 3 rings (SSSR count). The van der Waals surface area contributed by atoms with Crippen LogP contribution in [0.2, 0.25) is 0 Å². The molecule has 1 saturated carbocycles. The number of rotatable bonds is 5. The maximum Gasteiger partial charge on any atom is 0.244 e. The van der Waals surface area contributed by atoms with Crippen LogP contribution in [0.25, 0.3) is 6.08 Å². The van der Waals surface area contributed by atoms with E-state index in [4.69, 9.17) is 4.74 Å². The molecular formula is C20H26N2O3. The van der Waals surface area contributed by atoms with Crippen molar-refractivity contribution in [3.8, 4) is 0 Å². The standard InChI is InChI=1S/C20H26N2O3/c1-25-13-15-11-20(24)22-18-12-16(8-9-17(15)18)21-19(23)10-7-14-5-3-2-4-6-14/h2-7,10,15-18H,8-9,11-13H2,1H3,(H,21,23)(H,22,24)/b10-7-. The number of methoxy groups -OCH3 is 1. The van der Waals surface area contributed by atoms with Crippen molar-refractivity contribution in [1.29, 1.82) is 0 Å². The Kier molecular flexibility index (Phi) is 5.87. The fraction of sp³-hybridized carbons (Fsp3) is 0.500. The summed E-state index contributed by atoms with van der Waals surface area (Å²) in [5, 5.41) is 6.18. The molecule has 2 fully saturated rings. The molecule has 1 aliphatic carbocycles. The van der Waals surface area contributed by atoms with Crippen LogP contribution in [-0.2, 0) is 14.3 Å². The quantitative estimate of drug-likeness (QED) is 0.806. The SMILES string of the molecule is COCC1CC(=O)NC2CC(NC(=O)/C=C\c3ccccc3)CCC12. The molecule has 1 aromatic carbocycles. The van der Waals surface area contributed by atoms with E-state index in [9.17, 15) is 9.59 Å². The second-order valence-corrected chi connectivity index (χ2v) is 7.02. The van der Waals surface area contributed by atoms with Gasteiger partial charge in [0.05, 0.1) is 0 Å². The maximum absolute atomic E-state index is 12.2. The summed E-state index contributed by atoms with van der Waals surface area (Å²) in [7, 11) is 1.69. The largest absolute Gasteiger partial charge is 0.384 e. The summed E-state index contributed by atoms with van der Waals surface area (Å²) in [6, 6.07) is 10.0. The van der Waals surface area contributed by atoms with Gasteiger partial charge in [-0.2, -0.15) is 0 Å². The second kappa shape index (κ2) is 8.30. The third-order valence-corrected chi connectivity index (χ3v) is 5.26. The lowest BCUT2D eigenvalue weighted by atomic mass is 9.71. The van der Waals surface area contributed by atoms with E-state index in [-0.39, 0.29) is 23.9 Å². The van der Waals surface area contributed by atoms with E-state index in [1.807, 2.05) is 36.4 Å². The van der Waals surface area contributed by atoms with E-state index < -0.39 is 0 Å². The van der Waals surface area contributed by atoms with Crippen LogP contribution < -0.4 is 10.6 Å². The van der Waals surface area contributed by atoms with Gasteiger partial charge in [0.25, 0.3) is 0 Å². The number of benzene rings is 1. The van der Waals surface area contributed by atoms with Crippen molar-refractivity contribution in [3.05, 3.63) is 42.0 Å². The third-order valence-electron chi connectivity index (χ3n) is 5.26. The Morgan fingerprint density at radius 3 is 2.88 bits per heavy atom. The molecule has 1 aliphatic heterocycles. The highest BCUT2D eigenvalue weighted by Gasteiger charge is 2.40. The van der Waals surface area contributed by atoms with Gasteiger partial charge in [-0.25, -0.2) is 0 Å². The Labute approximate surface area is 148 Å². The zero-order chi connectivity index (χ0) is 17.6. The van der Waals surface area contributed by atoms with Crippen molar-refractivity contribution in [3.63, 3.8) is 0 Å². The van der Waals surface area contributed by atoms with Crippen LogP contribution in [0, 0.1) is 11.8 Å². The second-order valence-electron chi connectivity index (χ2n) is 7.02. The van der Waals surface area contributed by atoms with Gasteiger partial charge in [0.1, 0.15) is 0 Å². The molecule has 1 aromatic rings. The van der Waals surface area contributed by atoms with Crippen LogP contribution in [0.3, 0.4) is 0 Å². The average molecular weight is 342 g/mol. The van der Waals surface area contributed by atoms with Crippen LogP contribution in [0.15, 0.2) is 36.4 Å². The van der Waals surface area contributed by atoms with Crippen molar-refractivity contribution < 1.29 is 14.3 Å². The Balaban J connectivity index is 1.54. The third kappa shape index (κ3) is 4.69. The topological polar surface area (TPSA) is 67.4 Å². The highest BCUT2D eigenvalue weighted by atomic mass is 16.5. The van der Waals surface area contributed by atoms with Gasteiger partial charge in [0.2, 0.25) is 11.8 Å². The molecule has 0 radical (unpaired) electrons. The molecule has 5 heteroatoms. The molecule has 4 unspecified atom stereocenters. The van der Waals surface area contributed by atoms with Crippen molar-refractivity contribution in [1.82, 2.24) is 10.6 Å². The molecule has 5 nitrogen and oxygen atoms in total. The van der Waals surface area contributed by atoms with Gasteiger partial charge in [0, 0.05) is 38.3 Å². The van der Waals surface area contributed by atoms with Crippen molar-refractivity contribution in [2.24, 2.45) is 11.8 Å². The molecule has 2 amide bonds. The van der Waals surface area contributed by atoms with Crippen LogP contribution in [0.5, 0.6) is 0 Å².